The van der Waals surface area contributed by atoms with Gasteiger partial charge in [-0.05, 0) is 24.3 Å². The van der Waals surface area contributed by atoms with Gasteiger partial charge < -0.3 is 10.8 Å². The van der Waals surface area contributed by atoms with Crippen molar-refractivity contribution in [2.75, 3.05) is 5.73 Å². The molecule has 6 nitrogen and oxygen atoms in total. The molecule has 3 N–H and O–H groups in total. The van der Waals surface area contributed by atoms with Gasteiger partial charge in [-0.25, -0.2) is 4.98 Å². The van der Waals surface area contributed by atoms with Crippen LogP contribution < -0.4 is 5.73 Å². The molecule has 3 rings (SSSR count). The quantitative estimate of drug-likeness (QED) is 0.676. The van der Waals surface area contributed by atoms with E-state index >= 15 is 0 Å². The van der Waals surface area contributed by atoms with Crippen LogP contribution in [0.15, 0.2) is 36.4 Å². The first-order valence-electron chi connectivity index (χ1n) is 5.59. The molecule has 2 aromatic heterocycles. The number of benzene rings is 1. The molecule has 0 aliphatic heterocycles. The molecule has 2 heterocycles. The Morgan fingerprint density at radius 2 is 2.05 bits per heavy atom. The number of carbonyl (C=O) groups is 1. The zero-order valence-electron chi connectivity index (χ0n) is 9.82. The van der Waals surface area contributed by atoms with Crippen LogP contribution in [-0.4, -0.2) is 26.0 Å². The lowest BCUT2D eigenvalue weighted by Gasteiger charge is -1.98. The Kier molecular flexibility index (Phi) is 2.42. The summed E-state index contributed by atoms with van der Waals surface area (Å²) >= 11 is 0. The third-order valence-electron chi connectivity index (χ3n) is 2.77. The van der Waals surface area contributed by atoms with Crippen molar-refractivity contribution in [2.45, 2.75) is 0 Å². The second-order valence-corrected chi connectivity index (χ2v) is 4.05. The molecule has 0 amide bonds. The number of phenols is 1. The summed E-state index contributed by atoms with van der Waals surface area (Å²) in [6.45, 7) is 0. The molecule has 0 saturated carbocycles. The number of hydrogen-bond donors (Lipinski definition) is 2. The summed E-state index contributed by atoms with van der Waals surface area (Å²) in [6, 6.07) is 9.86. The van der Waals surface area contributed by atoms with Crippen LogP contribution in [0.4, 0.5) is 5.82 Å². The Morgan fingerprint density at radius 1 is 1.26 bits per heavy atom. The predicted molar refractivity (Wildman–Crippen MR) is 69.9 cm³/mol. The van der Waals surface area contributed by atoms with E-state index in [0.29, 0.717) is 34.7 Å². The second-order valence-electron chi connectivity index (χ2n) is 4.05. The summed E-state index contributed by atoms with van der Waals surface area (Å²) in [6.07, 6.45) is 0.699. The van der Waals surface area contributed by atoms with Crippen molar-refractivity contribution in [2.24, 2.45) is 0 Å². The fourth-order valence-corrected chi connectivity index (χ4v) is 1.88. The van der Waals surface area contributed by atoms with Crippen LogP contribution in [-0.2, 0) is 0 Å². The Morgan fingerprint density at radius 3 is 2.79 bits per heavy atom. The number of carbonyl (C=O) groups excluding carboxylic acids is 1. The van der Waals surface area contributed by atoms with Crippen molar-refractivity contribution in [3.63, 3.8) is 0 Å². The van der Waals surface area contributed by atoms with Crippen LogP contribution in [0.3, 0.4) is 0 Å². The fraction of sp³-hybridized carbons (Fsp3) is 0. The summed E-state index contributed by atoms with van der Waals surface area (Å²) < 4.78 is 1.43. The number of hydrogen-bond acceptors (Lipinski definition) is 5. The van der Waals surface area contributed by atoms with Gasteiger partial charge in [-0.1, -0.05) is 12.1 Å². The second kappa shape index (κ2) is 4.09. The highest BCUT2D eigenvalue weighted by atomic mass is 16.3. The maximum atomic E-state index is 10.8. The molecule has 0 radical (unpaired) electrons. The molecule has 0 atom stereocenters. The molecular formula is C13H10N4O2. The molecule has 94 valence electrons. The van der Waals surface area contributed by atoms with Crippen LogP contribution in [0.25, 0.3) is 17.0 Å². The first-order valence-corrected chi connectivity index (χ1v) is 5.59. The van der Waals surface area contributed by atoms with Crippen LogP contribution in [0.5, 0.6) is 5.75 Å². The van der Waals surface area contributed by atoms with Crippen LogP contribution in [0.1, 0.15) is 10.4 Å². The van der Waals surface area contributed by atoms with Crippen molar-refractivity contribution < 1.29 is 9.90 Å². The number of para-hydroxylation sites is 1. The number of nitrogens with zero attached hydrogens (tertiary/aromatic N) is 3. The number of rotatable bonds is 2. The third kappa shape index (κ3) is 1.79. The van der Waals surface area contributed by atoms with E-state index < -0.39 is 0 Å². The van der Waals surface area contributed by atoms with Gasteiger partial charge in [0.25, 0.3) is 0 Å². The minimum atomic E-state index is 0.0904. The fourth-order valence-electron chi connectivity index (χ4n) is 1.88. The lowest BCUT2D eigenvalue weighted by Crippen LogP contribution is -1.99. The van der Waals surface area contributed by atoms with Gasteiger partial charge >= 0.3 is 0 Å². The largest absolute Gasteiger partial charge is 0.507 e. The molecule has 0 spiro atoms. The summed E-state index contributed by atoms with van der Waals surface area (Å²) in [7, 11) is 0. The van der Waals surface area contributed by atoms with Crippen molar-refractivity contribution in [1.29, 1.82) is 0 Å². The summed E-state index contributed by atoms with van der Waals surface area (Å²) in [5.74, 6) is 0.759. The molecular weight excluding hydrogens is 244 g/mol. The Bertz CT molecular complexity index is 779. The van der Waals surface area contributed by atoms with Gasteiger partial charge in [0.05, 0.1) is 5.56 Å². The third-order valence-corrected chi connectivity index (χ3v) is 2.77. The SMILES string of the molecule is Nc1cc(C=O)cc2nc(-c3ccccc3O)nn12. The van der Waals surface area contributed by atoms with E-state index in [1.54, 1.807) is 30.3 Å². The van der Waals surface area contributed by atoms with E-state index in [9.17, 15) is 9.90 Å². The van der Waals surface area contributed by atoms with E-state index in [1.807, 2.05) is 0 Å². The first kappa shape index (κ1) is 11.2. The van der Waals surface area contributed by atoms with Gasteiger partial charge in [-0.3, -0.25) is 4.79 Å². The number of aromatic hydroxyl groups is 1. The van der Waals surface area contributed by atoms with Gasteiger partial charge in [0.2, 0.25) is 0 Å². The highest BCUT2D eigenvalue weighted by Crippen LogP contribution is 2.26. The van der Waals surface area contributed by atoms with Crippen molar-refractivity contribution in [1.82, 2.24) is 14.6 Å². The van der Waals surface area contributed by atoms with Crippen LogP contribution in [0, 0.1) is 0 Å². The highest BCUT2D eigenvalue weighted by molar-refractivity contribution is 5.79. The van der Waals surface area contributed by atoms with Crippen molar-refractivity contribution in [3.8, 4) is 17.1 Å². The van der Waals surface area contributed by atoms with E-state index in [1.165, 1.54) is 10.6 Å². The van der Waals surface area contributed by atoms with E-state index in [2.05, 4.69) is 10.1 Å². The van der Waals surface area contributed by atoms with Gasteiger partial charge in [0.1, 0.15) is 17.9 Å². The standard InChI is InChI=1S/C13H10N4O2/c14-11-5-8(7-18)6-12-15-13(16-17(11)12)9-3-1-2-4-10(9)19/h1-7,19H,14H2. The molecule has 0 aliphatic carbocycles. The molecule has 6 heteroatoms. The Balaban J connectivity index is 2.25. The molecule has 1 aromatic carbocycles. The average Bonchev–Trinajstić information content (AvgIpc) is 2.83. The maximum absolute atomic E-state index is 10.8. The van der Waals surface area contributed by atoms with Crippen molar-refractivity contribution in [3.05, 3.63) is 42.0 Å². The zero-order chi connectivity index (χ0) is 13.4. The minimum absolute atomic E-state index is 0.0904. The van der Waals surface area contributed by atoms with E-state index in [0.717, 1.165) is 0 Å². The lowest BCUT2D eigenvalue weighted by molar-refractivity contribution is 0.112. The van der Waals surface area contributed by atoms with Crippen LogP contribution >= 0.6 is 0 Å². The van der Waals surface area contributed by atoms with Gasteiger partial charge in [0.15, 0.2) is 11.5 Å². The summed E-state index contributed by atoms with van der Waals surface area (Å²) in [5.41, 5.74) is 7.20. The topological polar surface area (TPSA) is 93.5 Å². The average molecular weight is 254 g/mol. The normalized spacial score (nSPS) is 10.7. The molecule has 0 bridgehead atoms. The molecule has 3 aromatic rings. The molecule has 0 aliphatic rings. The van der Waals surface area contributed by atoms with E-state index in [-0.39, 0.29) is 5.75 Å². The van der Waals surface area contributed by atoms with Crippen molar-refractivity contribution >= 4 is 17.8 Å². The number of fused-ring (bicyclic) bond motifs is 1. The lowest BCUT2D eigenvalue weighted by atomic mass is 10.2. The van der Waals surface area contributed by atoms with Gasteiger partial charge in [0, 0.05) is 5.56 Å². The highest BCUT2D eigenvalue weighted by Gasteiger charge is 2.12. The van der Waals surface area contributed by atoms with Gasteiger partial charge in [-0.15, -0.1) is 5.10 Å². The molecule has 0 fully saturated rings. The van der Waals surface area contributed by atoms with Crippen LogP contribution in [0.2, 0.25) is 0 Å². The molecule has 0 saturated heterocycles. The number of phenolic OH excluding ortho intramolecular Hbond substituents is 1. The molecule has 19 heavy (non-hydrogen) atoms. The number of pyridine rings is 1. The monoisotopic (exact) mass is 254 g/mol. The minimum Gasteiger partial charge on any atom is -0.507 e. The summed E-state index contributed by atoms with van der Waals surface area (Å²) in [5, 5.41) is 14.0. The summed E-state index contributed by atoms with van der Waals surface area (Å²) in [4.78, 5) is 15.0. The predicted octanol–water partition coefficient (Wildman–Crippen LogP) is 1.50. The number of anilines is 1. The maximum Gasteiger partial charge on any atom is 0.185 e. The Hall–Kier alpha value is -2.89. The number of nitrogen functional groups attached to an aromatic ring is 1. The smallest absolute Gasteiger partial charge is 0.185 e. The Labute approximate surface area is 108 Å². The zero-order valence-corrected chi connectivity index (χ0v) is 9.82. The molecule has 0 unspecified atom stereocenters. The number of aromatic nitrogens is 3. The first-order chi connectivity index (χ1) is 9.19. The van der Waals surface area contributed by atoms with Gasteiger partial charge in [-0.2, -0.15) is 4.52 Å². The number of nitrogens with two attached hydrogens (primary N) is 1. The number of aldehydes is 1. The van der Waals surface area contributed by atoms with E-state index in [4.69, 9.17) is 5.73 Å².